The van der Waals surface area contributed by atoms with Crippen LogP contribution in [0.3, 0.4) is 0 Å². The number of aryl methyl sites for hydroxylation is 2. The van der Waals surface area contributed by atoms with Crippen LogP contribution >= 0.6 is 0 Å². The number of carbonyl (C=O) groups is 2. The van der Waals surface area contributed by atoms with Crippen LogP contribution in [0.4, 0.5) is 11.4 Å². The Balaban J connectivity index is 1.52. The van der Waals surface area contributed by atoms with Crippen LogP contribution in [0.15, 0.2) is 18.2 Å². The summed E-state index contributed by atoms with van der Waals surface area (Å²) in [6.45, 7) is -0.0483. The van der Waals surface area contributed by atoms with E-state index in [0.29, 0.717) is 23.5 Å². The third-order valence-corrected chi connectivity index (χ3v) is 4.46. The van der Waals surface area contributed by atoms with Gasteiger partial charge < -0.3 is 15.4 Å². The Hall–Kier alpha value is -2.90. The Kier molecular flexibility index (Phi) is 3.44. The first-order valence-corrected chi connectivity index (χ1v) is 7.86. The second-order valence-corrected chi connectivity index (χ2v) is 6.05. The fourth-order valence-corrected chi connectivity index (χ4v) is 3.18. The monoisotopic (exact) mass is 327 g/mol. The molecular formula is C16H17N5O3. The Morgan fingerprint density at radius 3 is 3.21 bits per heavy atom. The summed E-state index contributed by atoms with van der Waals surface area (Å²) in [5.41, 5.74) is 3.14. The lowest BCUT2D eigenvalue weighted by molar-refractivity contribution is -0.120. The molecule has 1 aromatic carbocycles. The normalized spacial score (nSPS) is 18.9. The molecular weight excluding hydrogens is 310 g/mol. The first-order valence-electron chi connectivity index (χ1n) is 7.86. The highest BCUT2D eigenvalue weighted by molar-refractivity contribution is 6.00. The summed E-state index contributed by atoms with van der Waals surface area (Å²) in [6, 6.07) is 5.29. The molecule has 124 valence electrons. The van der Waals surface area contributed by atoms with E-state index in [0.717, 1.165) is 24.2 Å². The number of para-hydroxylation sites is 1. The van der Waals surface area contributed by atoms with E-state index in [1.165, 1.54) is 0 Å². The number of benzene rings is 1. The highest BCUT2D eigenvalue weighted by atomic mass is 16.5. The lowest BCUT2D eigenvalue weighted by Gasteiger charge is -2.24. The topological polar surface area (TPSA) is 98.1 Å². The van der Waals surface area contributed by atoms with Crippen molar-refractivity contribution in [1.82, 2.24) is 15.0 Å². The van der Waals surface area contributed by atoms with Gasteiger partial charge >= 0.3 is 0 Å². The number of carbonyl (C=O) groups excluding carboxylic acids is 2. The van der Waals surface area contributed by atoms with Crippen LogP contribution in [-0.4, -0.2) is 33.4 Å². The standard InChI is InChI=1S/C16H17N5O3/c1-21-13-7-9(5-6-10(13)19-20-21)16(23)18-12-4-2-3-11-15(12)24-8-14(22)17-11/h2-4,9H,5-8H2,1H3,(H,17,22)(H,18,23). The SMILES string of the molecule is Cn1nnc2c1CC(C(=O)Nc1cccc3c1OCC(=O)N3)CC2. The van der Waals surface area contributed by atoms with Crippen molar-refractivity contribution in [3.8, 4) is 5.75 Å². The van der Waals surface area contributed by atoms with Gasteiger partial charge in [-0.3, -0.25) is 14.3 Å². The summed E-state index contributed by atoms with van der Waals surface area (Å²) in [6.07, 6.45) is 2.11. The van der Waals surface area contributed by atoms with Crippen molar-refractivity contribution < 1.29 is 14.3 Å². The van der Waals surface area contributed by atoms with E-state index in [2.05, 4.69) is 20.9 Å². The number of aromatic nitrogens is 3. The number of hydrogen-bond acceptors (Lipinski definition) is 5. The van der Waals surface area contributed by atoms with Gasteiger partial charge in [0, 0.05) is 19.4 Å². The van der Waals surface area contributed by atoms with Gasteiger partial charge in [0.25, 0.3) is 5.91 Å². The second kappa shape index (κ2) is 5.63. The quantitative estimate of drug-likeness (QED) is 0.853. The summed E-state index contributed by atoms with van der Waals surface area (Å²) >= 11 is 0. The molecule has 8 nitrogen and oxygen atoms in total. The number of ether oxygens (including phenoxy) is 1. The first kappa shape index (κ1) is 14.7. The van der Waals surface area contributed by atoms with Gasteiger partial charge in [-0.15, -0.1) is 5.10 Å². The van der Waals surface area contributed by atoms with Gasteiger partial charge in [-0.1, -0.05) is 11.3 Å². The number of rotatable bonds is 2. The van der Waals surface area contributed by atoms with Gasteiger partial charge in [-0.25, -0.2) is 0 Å². The average Bonchev–Trinajstić information content (AvgIpc) is 2.95. The molecule has 8 heteroatoms. The van der Waals surface area contributed by atoms with E-state index in [1.54, 1.807) is 22.9 Å². The van der Waals surface area contributed by atoms with Crippen molar-refractivity contribution in [3.05, 3.63) is 29.6 Å². The smallest absolute Gasteiger partial charge is 0.262 e. The Labute approximate surface area is 138 Å². The molecule has 1 aliphatic heterocycles. The molecule has 0 spiro atoms. The number of nitrogens with one attached hydrogen (secondary N) is 2. The zero-order chi connectivity index (χ0) is 16.7. The van der Waals surface area contributed by atoms with E-state index in [4.69, 9.17) is 4.74 Å². The minimum Gasteiger partial charge on any atom is -0.479 e. The molecule has 4 rings (SSSR count). The zero-order valence-corrected chi connectivity index (χ0v) is 13.2. The van der Waals surface area contributed by atoms with E-state index < -0.39 is 0 Å². The zero-order valence-electron chi connectivity index (χ0n) is 13.2. The predicted octanol–water partition coefficient (Wildman–Crippen LogP) is 0.890. The minimum atomic E-state index is -0.200. The molecule has 1 atom stereocenters. The van der Waals surface area contributed by atoms with Crippen molar-refractivity contribution in [3.63, 3.8) is 0 Å². The molecule has 0 fully saturated rings. The van der Waals surface area contributed by atoms with E-state index in [9.17, 15) is 9.59 Å². The van der Waals surface area contributed by atoms with Crippen molar-refractivity contribution in [2.24, 2.45) is 13.0 Å². The van der Waals surface area contributed by atoms with Gasteiger partial charge in [0.2, 0.25) is 5.91 Å². The average molecular weight is 327 g/mol. The summed E-state index contributed by atoms with van der Waals surface area (Å²) in [5.74, 6) is 0.109. The van der Waals surface area contributed by atoms with Gasteiger partial charge in [-0.05, 0) is 25.0 Å². The molecule has 0 bridgehead atoms. The molecule has 1 aromatic heterocycles. The van der Waals surface area contributed by atoms with Gasteiger partial charge in [-0.2, -0.15) is 0 Å². The Morgan fingerprint density at radius 1 is 1.46 bits per heavy atom. The first-order chi connectivity index (χ1) is 11.6. The summed E-state index contributed by atoms with van der Waals surface area (Å²) in [4.78, 5) is 24.0. The summed E-state index contributed by atoms with van der Waals surface area (Å²) < 4.78 is 7.20. The molecule has 1 aliphatic carbocycles. The van der Waals surface area contributed by atoms with Crippen LogP contribution in [0.1, 0.15) is 17.8 Å². The van der Waals surface area contributed by atoms with Crippen LogP contribution < -0.4 is 15.4 Å². The van der Waals surface area contributed by atoms with Crippen LogP contribution in [0, 0.1) is 5.92 Å². The number of fused-ring (bicyclic) bond motifs is 2. The largest absolute Gasteiger partial charge is 0.479 e. The molecule has 2 amide bonds. The van der Waals surface area contributed by atoms with Gasteiger partial charge in [0.15, 0.2) is 12.4 Å². The number of amides is 2. The molecule has 2 aromatic rings. The van der Waals surface area contributed by atoms with Crippen LogP contribution in [0.2, 0.25) is 0 Å². The maximum atomic E-state index is 12.7. The van der Waals surface area contributed by atoms with Gasteiger partial charge in [0.05, 0.1) is 22.8 Å². The highest BCUT2D eigenvalue weighted by Gasteiger charge is 2.29. The fourth-order valence-electron chi connectivity index (χ4n) is 3.18. The van der Waals surface area contributed by atoms with Gasteiger partial charge in [0.1, 0.15) is 0 Å². The molecule has 2 aliphatic rings. The number of anilines is 2. The van der Waals surface area contributed by atoms with Crippen LogP contribution in [-0.2, 0) is 29.5 Å². The maximum Gasteiger partial charge on any atom is 0.262 e. The molecule has 0 saturated carbocycles. The number of nitrogens with zero attached hydrogens (tertiary/aromatic N) is 3. The van der Waals surface area contributed by atoms with Crippen molar-refractivity contribution in [2.45, 2.75) is 19.3 Å². The van der Waals surface area contributed by atoms with E-state index in [-0.39, 0.29) is 24.3 Å². The van der Waals surface area contributed by atoms with Crippen molar-refractivity contribution >= 4 is 23.2 Å². The summed E-state index contributed by atoms with van der Waals surface area (Å²) in [5, 5.41) is 13.8. The lowest BCUT2D eigenvalue weighted by Crippen LogP contribution is -2.30. The molecule has 2 N–H and O–H groups in total. The molecule has 1 unspecified atom stereocenters. The molecule has 24 heavy (non-hydrogen) atoms. The maximum absolute atomic E-state index is 12.7. The Morgan fingerprint density at radius 2 is 2.33 bits per heavy atom. The van der Waals surface area contributed by atoms with E-state index in [1.807, 2.05) is 7.05 Å². The second-order valence-electron chi connectivity index (χ2n) is 6.05. The van der Waals surface area contributed by atoms with Crippen LogP contribution in [0.5, 0.6) is 5.75 Å². The summed E-state index contributed by atoms with van der Waals surface area (Å²) in [7, 11) is 1.84. The third-order valence-electron chi connectivity index (χ3n) is 4.46. The van der Waals surface area contributed by atoms with Crippen molar-refractivity contribution in [2.75, 3.05) is 17.2 Å². The third kappa shape index (κ3) is 2.49. The van der Waals surface area contributed by atoms with Crippen molar-refractivity contribution in [1.29, 1.82) is 0 Å². The molecule has 0 saturated heterocycles. The Bertz CT molecular complexity index is 829. The lowest BCUT2D eigenvalue weighted by atomic mass is 9.89. The molecule has 0 radical (unpaired) electrons. The highest BCUT2D eigenvalue weighted by Crippen LogP contribution is 2.36. The van der Waals surface area contributed by atoms with Crippen LogP contribution in [0.25, 0.3) is 0 Å². The fraction of sp³-hybridized carbons (Fsp3) is 0.375. The van der Waals surface area contributed by atoms with E-state index >= 15 is 0 Å². The minimum absolute atomic E-state index is 0.0483. The molecule has 2 heterocycles. The predicted molar refractivity (Wildman–Crippen MR) is 85.7 cm³/mol. The number of hydrogen-bond donors (Lipinski definition) is 2.